The third-order valence-electron chi connectivity index (χ3n) is 2.31. The fraction of sp³-hybridized carbons (Fsp3) is 0.400. The Morgan fingerprint density at radius 3 is 2.87 bits per heavy atom. The van der Waals surface area contributed by atoms with Gasteiger partial charge in [-0.2, -0.15) is 8.42 Å². The van der Waals surface area contributed by atoms with E-state index >= 15 is 0 Å². The van der Waals surface area contributed by atoms with Crippen molar-refractivity contribution in [2.45, 2.75) is 13.0 Å². The second-order valence-corrected chi connectivity index (χ2v) is 5.22. The van der Waals surface area contributed by atoms with E-state index in [9.17, 15) is 8.42 Å². The smallest absolute Gasteiger partial charge is 0.306 e. The Morgan fingerprint density at radius 1 is 1.33 bits per heavy atom. The van der Waals surface area contributed by atoms with Crippen LogP contribution in [0.2, 0.25) is 0 Å². The van der Waals surface area contributed by atoms with Crippen LogP contribution in [0.25, 0.3) is 0 Å². The second-order valence-electron chi connectivity index (χ2n) is 3.64. The molecular formula is C10H13NO3S. The van der Waals surface area contributed by atoms with Gasteiger partial charge in [-0.1, -0.05) is 6.07 Å². The number of hydrogen-bond acceptors (Lipinski definition) is 4. The maximum atomic E-state index is 10.9. The number of rotatable bonds is 2. The van der Waals surface area contributed by atoms with Gasteiger partial charge in [-0.25, -0.2) is 0 Å². The van der Waals surface area contributed by atoms with Crippen LogP contribution in [0.4, 0.5) is 0 Å². The van der Waals surface area contributed by atoms with Gasteiger partial charge in [-0.15, -0.1) is 0 Å². The lowest BCUT2D eigenvalue weighted by Crippen LogP contribution is -2.23. The third-order valence-corrected chi connectivity index (χ3v) is 2.81. The molecule has 4 nitrogen and oxygen atoms in total. The van der Waals surface area contributed by atoms with Gasteiger partial charge in [-0.05, 0) is 36.2 Å². The van der Waals surface area contributed by atoms with Crippen LogP contribution in [-0.2, 0) is 23.1 Å². The first-order valence-electron chi connectivity index (χ1n) is 4.76. The highest BCUT2D eigenvalue weighted by atomic mass is 32.2. The largest absolute Gasteiger partial charge is 0.383 e. The van der Waals surface area contributed by atoms with Crippen molar-refractivity contribution < 1.29 is 12.6 Å². The molecule has 15 heavy (non-hydrogen) atoms. The van der Waals surface area contributed by atoms with Crippen molar-refractivity contribution in [3.05, 3.63) is 29.3 Å². The molecule has 0 amide bonds. The van der Waals surface area contributed by atoms with E-state index in [4.69, 9.17) is 4.18 Å². The molecule has 0 unspecified atom stereocenters. The summed E-state index contributed by atoms with van der Waals surface area (Å²) in [5, 5.41) is 3.23. The summed E-state index contributed by atoms with van der Waals surface area (Å²) in [5.41, 5.74) is 2.37. The SMILES string of the molecule is CS(=O)(=O)Oc1ccc2c(c1)CNCC2. The quantitative estimate of drug-likeness (QED) is 0.754. The fourth-order valence-electron chi connectivity index (χ4n) is 1.68. The van der Waals surface area contributed by atoms with Crippen LogP contribution < -0.4 is 9.50 Å². The number of benzene rings is 1. The number of nitrogens with one attached hydrogen (secondary N) is 1. The summed E-state index contributed by atoms with van der Waals surface area (Å²) in [4.78, 5) is 0. The monoisotopic (exact) mass is 227 g/mol. The van der Waals surface area contributed by atoms with Gasteiger partial charge in [0.25, 0.3) is 0 Å². The Balaban J connectivity index is 2.28. The van der Waals surface area contributed by atoms with E-state index in [-0.39, 0.29) is 0 Å². The first-order chi connectivity index (χ1) is 7.04. The first-order valence-corrected chi connectivity index (χ1v) is 6.58. The van der Waals surface area contributed by atoms with Crippen LogP contribution in [-0.4, -0.2) is 21.2 Å². The molecule has 1 aliphatic heterocycles. The van der Waals surface area contributed by atoms with Crippen molar-refractivity contribution in [3.63, 3.8) is 0 Å². The minimum absolute atomic E-state index is 0.389. The highest BCUT2D eigenvalue weighted by molar-refractivity contribution is 7.86. The van der Waals surface area contributed by atoms with Crippen molar-refractivity contribution in [2.24, 2.45) is 0 Å². The van der Waals surface area contributed by atoms with Crippen LogP contribution in [0.1, 0.15) is 11.1 Å². The molecule has 1 heterocycles. The van der Waals surface area contributed by atoms with Gasteiger partial charge in [-0.3, -0.25) is 0 Å². The average molecular weight is 227 g/mol. The molecule has 1 N–H and O–H groups in total. The Morgan fingerprint density at radius 2 is 2.13 bits per heavy atom. The molecule has 0 aliphatic carbocycles. The Hall–Kier alpha value is -1.07. The van der Waals surface area contributed by atoms with Crippen molar-refractivity contribution in [2.75, 3.05) is 12.8 Å². The normalized spacial score (nSPS) is 15.8. The molecule has 2 rings (SSSR count). The highest BCUT2D eigenvalue weighted by Crippen LogP contribution is 2.21. The molecule has 0 saturated carbocycles. The molecule has 1 aliphatic rings. The zero-order valence-electron chi connectivity index (χ0n) is 8.49. The predicted molar refractivity (Wildman–Crippen MR) is 57.3 cm³/mol. The van der Waals surface area contributed by atoms with E-state index in [2.05, 4.69) is 5.32 Å². The van der Waals surface area contributed by atoms with Crippen molar-refractivity contribution in [1.82, 2.24) is 5.32 Å². The van der Waals surface area contributed by atoms with Crippen LogP contribution in [0.3, 0.4) is 0 Å². The maximum absolute atomic E-state index is 10.9. The van der Waals surface area contributed by atoms with Crippen molar-refractivity contribution in [3.8, 4) is 5.75 Å². The minimum Gasteiger partial charge on any atom is -0.383 e. The predicted octanol–water partition coefficient (Wildman–Crippen LogP) is 0.671. The number of fused-ring (bicyclic) bond motifs is 1. The molecule has 0 bridgehead atoms. The average Bonchev–Trinajstić information content (AvgIpc) is 2.15. The lowest BCUT2D eigenvalue weighted by atomic mass is 10.0. The molecule has 0 fully saturated rings. The Labute approximate surface area is 89.4 Å². The molecule has 0 spiro atoms. The van der Waals surface area contributed by atoms with Gasteiger partial charge in [0.15, 0.2) is 0 Å². The van der Waals surface area contributed by atoms with Crippen LogP contribution in [0, 0.1) is 0 Å². The molecule has 82 valence electrons. The zero-order valence-corrected chi connectivity index (χ0v) is 9.30. The van der Waals surface area contributed by atoms with Crippen molar-refractivity contribution >= 4 is 10.1 Å². The summed E-state index contributed by atoms with van der Waals surface area (Å²) >= 11 is 0. The lowest BCUT2D eigenvalue weighted by molar-refractivity contribution is 0.491. The summed E-state index contributed by atoms with van der Waals surface area (Å²) in [7, 11) is -3.42. The summed E-state index contributed by atoms with van der Waals surface area (Å²) in [5.74, 6) is 0.389. The van der Waals surface area contributed by atoms with E-state index in [1.54, 1.807) is 12.1 Å². The summed E-state index contributed by atoms with van der Waals surface area (Å²) in [6.07, 6.45) is 2.03. The van der Waals surface area contributed by atoms with Crippen LogP contribution in [0.15, 0.2) is 18.2 Å². The van der Waals surface area contributed by atoms with E-state index in [1.807, 2.05) is 6.07 Å². The topological polar surface area (TPSA) is 55.4 Å². The third kappa shape index (κ3) is 2.70. The van der Waals surface area contributed by atoms with Crippen LogP contribution in [0.5, 0.6) is 5.75 Å². The summed E-state index contributed by atoms with van der Waals surface area (Å²) in [6.45, 7) is 1.75. The Kier molecular flexibility index (Phi) is 2.67. The standard InChI is InChI=1S/C10H13NO3S/c1-15(12,13)14-10-3-2-8-4-5-11-7-9(8)6-10/h2-3,6,11H,4-5,7H2,1H3. The molecule has 0 radical (unpaired) electrons. The van der Waals surface area contributed by atoms with Gasteiger partial charge >= 0.3 is 10.1 Å². The van der Waals surface area contributed by atoms with Gasteiger partial charge in [0.1, 0.15) is 5.75 Å². The molecule has 1 aromatic carbocycles. The molecule has 0 atom stereocenters. The Bertz CT molecular complexity index is 468. The van der Waals surface area contributed by atoms with Gasteiger partial charge < -0.3 is 9.50 Å². The molecule has 0 saturated heterocycles. The first kappa shape index (κ1) is 10.4. The minimum atomic E-state index is -3.42. The highest BCUT2D eigenvalue weighted by Gasteiger charge is 2.11. The van der Waals surface area contributed by atoms with Crippen molar-refractivity contribution in [1.29, 1.82) is 0 Å². The van der Waals surface area contributed by atoms with Gasteiger partial charge in [0.2, 0.25) is 0 Å². The summed E-state index contributed by atoms with van der Waals surface area (Å²) < 4.78 is 26.7. The summed E-state index contributed by atoms with van der Waals surface area (Å²) in [6, 6.07) is 5.41. The van der Waals surface area contributed by atoms with Gasteiger partial charge in [0.05, 0.1) is 6.26 Å². The van der Waals surface area contributed by atoms with Gasteiger partial charge in [0, 0.05) is 6.54 Å². The zero-order chi connectivity index (χ0) is 10.9. The molecule has 1 aromatic rings. The van der Waals surface area contributed by atoms with E-state index in [0.29, 0.717) is 5.75 Å². The van der Waals surface area contributed by atoms with E-state index < -0.39 is 10.1 Å². The molecular weight excluding hydrogens is 214 g/mol. The maximum Gasteiger partial charge on any atom is 0.306 e. The number of hydrogen-bond donors (Lipinski definition) is 1. The lowest BCUT2D eigenvalue weighted by Gasteiger charge is -2.17. The van der Waals surface area contributed by atoms with Crippen LogP contribution >= 0.6 is 0 Å². The second kappa shape index (κ2) is 3.83. The molecule has 5 heteroatoms. The van der Waals surface area contributed by atoms with E-state index in [1.165, 1.54) is 5.56 Å². The fourth-order valence-corrected chi connectivity index (χ4v) is 2.14. The molecule has 0 aromatic heterocycles. The van der Waals surface area contributed by atoms with E-state index in [0.717, 1.165) is 31.3 Å².